The molecule has 0 heterocycles. The molecule has 0 aliphatic rings. The Labute approximate surface area is 120 Å². The van der Waals surface area contributed by atoms with Crippen molar-refractivity contribution < 1.29 is 0 Å². The third-order valence-electron chi connectivity index (χ3n) is 2.50. The Kier molecular flexibility index (Phi) is 6.40. The zero-order valence-electron chi connectivity index (χ0n) is 9.26. The van der Waals surface area contributed by atoms with E-state index in [2.05, 4.69) is 68.0 Å². The predicted octanol–water partition coefficient (Wildman–Crippen LogP) is 4.12. The van der Waals surface area contributed by atoms with Crippen LogP contribution in [0.5, 0.6) is 0 Å². The highest BCUT2D eigenvalue weighted by atomic mass is 127. The molecule has 1 N–H and O–H groups in total. The Morgan fingerprint density at radius 1 is 1.56 bits per heavy atom. The molecule has 0 bridgehead atoms. The van der Waals surface area contributed by atoms with Gasteiger partial charge in [-0.15, -0.1) is 12.3 Å². The maximum Gasteiger partial charge on any atom is 0.0329 e. The summed E-state index contributed by atoms with van der Waals surface area (Å²) in [6.45, 7) is 0. The molecule has 0 spiro atoms. The molecule has 1 atom stereocenters. The number of hydrogen-bond acceptors (Lipinski definition) is 1. The normalized spacial score (nSPS) is 12.1. The maximum atomic E-state index is 5.27. The van der Waals surface area contributed by atoms with Crippen LogP contribution >= 0.6 is 38.5 Å². The Bertz CT molecular complexity index is 384. The van der Waals surface area contributed by atoms with Gasteiger partial charge in [0.05, 0.1) is 0 Å². The molecule has 0 amide bonds. The number of unbranched alkanes of at least 4 members (excludes halogenated alkanes) is 1. The van der Waals surface area contributed by atoms with E-state index in [1.807, 2.05) is 7.05 Å². The van der Waals surface area contributed by atoms with Gasteiger partial charge in [-0.1, -0.05) is 15.9 Å². The average Bonchev–Trinajstić information content (AvgIpc) is 2.28. The highest BCUT2D eigenvalue weighted by molar-refractivity contribution is 14.1. The van der Waals surface area contributed by atoms with Gasteiger partial charge in [0.2, 0.25) is 0 Å². The summed E-state index contributed by atoms with van der Waals surface area (Å²) in [7, 11) is 1.99. The van der Waals surface area contributed by atoms with Crippen molar-refractivity contribution in [1.82, 2.24) is 5.32 Å². The number of hydrogen-bond donors (Lipinski definition) is 1. The van der Waals surface area contributed by atoms with Crippen molar-refractivity contribution in [2.45, 2.75) is 25.3 Å². The molecule has 0 aromatic heterocycles. The lowest BCUT2D eigenvalue weighted by molar-refractivity contribution is 0.530. The van der Waals surface area contributed by atoms with Crippen LogP contribution in [-0.4, -0.2) is 7.05 Å². The van der Waals surface area contributed by atoms with Gasteiger partial charge in [0.25, 0.3) is 0 Å². The quantitative estimate of drug-likeness (QED) is 0.452. The molecule has 1 nitrogen and oxygen atoms in total. The molecule has 0 fully saturated rings. The molecule has 0 radical (unpaired) electrons. The minimum atomic E-state index is 0.373. The van der Waals surface area contributed by atoms with Crippen molar-refractivity contribution in [2.24, 2.45) is 0 Å². The molecule has 1 rings (SSSR count). The van der Waals surface area contributed by atoms with Crippen LogP contribution in [0.4, 0.5) is 0 Å². The summed E-state index contributed by atoms with van der Waals surface area (Å²) >= 11 is 5.93. The van der Waals surface area contributed by atoms with Crippen LogP contribution < -0.4 is 5.32 Å². The summed E-state index contributed by atoms with van der Waals surface area (Å²) in [6.07, 6.45) is 8.24. The van der Waals surface area contributed by atoms with E-state index in [1.54, 1.807) is 0 Å². The number of terminal acetylenes is 1. The van der Waals surface area contributed by atoms with Gasteiger partial charge in [-0.05, 0) is 66.2 Å². The molecule has 86 valence electrons. The third-order valence-corrected chi connectivity index (χ3v) is 3.89. The summed E-state index contributed by atoms with van der Waals surface area (Å²) in [5.74, 6) is 2.68. The second kappa shape index (κ2) is 7.31. The van der Waals surface area contributed by atoms with Crippen molar-refractivity contribution >= 4 is 38.5 Å². The van der Waals surface area contributed by atoms with Crippen molar-refractivity contribution in [1.29, 1.82) is 0 Å². The fraction of sp³-hybridized carbons (Fsp3) is 0.385. The number of rotatable bonds is 5. The second-order valence-electron chi connectivity index (χ2n) is 3.60. The van der Waals surface area contributed by atoms with Gasteiger partial charge in [0.1, 0.15) is 0 Å². The van der Waals surface area contributed by atoms with Crippen molar-refractivity contribution in [3.05, 3.63) is 31.8 Å². The summed E-state index contributed by atoms with van der Waals surface area (Å²) < 4.78 is 2.42. The van der Waals surface area contributed by atoms with E-state index in [0.29, 0.717) is 6.04 Å². The Balaban J connectivity index is 2.78. The minimum absolute atomic E-state index is 0.373. The fourth-order valence-electron chi connectivity index (χ4n) is 1.65. The Morgan fingerprint density at radius 3 is 2.94 bits per heavy atom. The van der Waals surface area contributed by atoms with E-state index < -0.39 is 0 Å². The predicted molar refractivity (Wildman–Crippen MR) is 81.3 cm³/mol. The average molecular weight is 392 g/mol. The van der Waals surface area contributed by atoms with Crippen LogP contribution in [-0.2, 0) is 0 Å². The van der Waals surface area contributed by atoms with Gasteiger partial charge in [-0.2, -0.15) is 0 Å². The first-order chi connectivity index (χ1) is 7.69. The Hall–Kier alpha value is -0.0500. The monoisotopic (exact) mass is 391 g/mol. The molecule has 0 aliphatic carbocycles. The van der Waals surface area contributed by atoms with Crippen LogP contribution in [0.15, 0.2) is 22.7 Å². The lowest BCUT2D eigenvalue weighted by Crippen LogP contribution is -2.16. The molecule has 0 saturated carbocycles. The summed E-state index contributed by atoms with van der Waals surface area (Å²) in [5, 5.41) is 3.34. The number of nitrogens with one attached hydrogen (secondary N) is 1. The number of halogens is 2. The van der Waals surface area contributed by atoms with Crippen molar-refractivity contribution in [3.8, 4) is 12.3 Å². The molecule has 3 heteroatoms. The molecule has 0 aliphatic heterocycles. The molecular formula is C13H15BrIN. The first-order valence-corrected chi connectivity index (χ1v) is 7.12. The molecule has 0 saturated heterocycles. The van der Waals surface area contributed by atoms with E-state index in [4.69, 9.17) is 6.42 Å². The van der Waals surface area contributed by atoms with E-state index in [-0.39, 0.29) is 0 Å². The van der Waals surface area contributed by atoms with Gasteiger partial charge in [0.15, 0.2) is 0 Å². The van der Waals surface area contributed by atoms with E-state index in [0.717, 1.165) is 23.7 Å². The van der Waals surface area contributed by atoms with Gasteiger partial charge in [-0.3, -0.25) is 0 Å². The van der Waals surface area contributed by atoms with Gasteiger partial charge in [0, 0.05) is 20.5 Å². The number of benzene rings is 1. The maximum absolute atomic E-state index is 5.27. The molecule has 1 unspecified atom stereocenters. The fourth-order valence-corrected chi connectivity index (χ4v) is 2.68. The van der Waals surface area contributed by atoms with Crippen LogP contribution in [0.2, 0.25) is 0 Å². The van der Waals surface area contributed by atoms with Crippen molar-refractivity contribution in [3.63, 3.8) is 0 Å². The smallest absolute Gasteiger partial charge is 0.0329 e. The van der Waals surface area contributed by atoms with Gasteiger partial charge < -0.3 is 5.32 Å². The zero-order chi connectivity index (χ0) is 12.0. The highest BCUT2D eigenvalue weighted by Gasteiger charge is 2.12. The molecule has 16 heavy (non-hydrogen) atoms. The molecular weight excluding hydrogens is 377 g/mol. The highest BCUT2D eigenvalue weighted by Crippen LogP contribution is 2.28. The minimum Gasteiger partial charge on any atom is -0.313 e. The first kappa shape index (κ1) is 14.0. The zero-order valence-corrected chi connectivity index (χ0v) is 13.0. The second-order valence-corrected chi connectivity index (χ2v) is 5.70. The lowest BCUT2D eigenvalue weighted by atomic mass is 10.0. The third kappa shape index (κ3) is 4.08. The van der Waals surface area contributed by atoms with Crippen molar-refractivity contribution in [2.75, 3.05) is 7.05 Å². The van der Waals surface area contributed by atoms with Crippen LogP contribution in [0.3, 0.4) is 0 Å². The Morgan fingerprint density at radius 2 is 2.31 bits per heavy atom. The lowest BCUT2D eigenvalue weighted by Gasteiger charge is -2.18. The molecule has 1 aromatic carbocycles. The van der Waals surface area contributed by atoms with Gasteiger partial charge in [-0.25, -0.2) is 0 Å². The summed E-state index contributed by atoms with van der Waals surface area (Å²) in [6, 6.07) is 6.78. The van der Waals surface area contributed by atoms with Crippen LogP contribution in [0.1, 0.15) is 30.9 Å². The summed E-state index contributed by atoms with van der Waals surface area (Å²) in [5.41, 5.74) is 1.31. The standard InChI is InChI=1S/C13H15BrIN/c1-3-4-5-6-13(16-2)11-9-10(15)7-8-12(11)14/h1,7-9,13,16H,4-6H2,2H3. The SMILES string of the molecule is C#CCCCC(NC)c1cc(I)ccc1Br. The largest absolute Gasteiger partial charge is 0.313 e. The topological polar surface area (TPSA) is 12.0 Å². The van der Waals surface area contributed by atoms with E-state index in [9.17, 15) is 0 Å². The van der Waals surface area contributed by atoms with Gasteiger partial charge >= 0.3 is 0 Å². The van der Waals surface area contributed by atoms with Crippen LogP contribution in [0, 0.1) is 15.9 Å². The van der Waals surface area contributed by atoms with Crippen LogP contribution in [0.25, 0.3) is 0 Å². The van der Waals surface area contributed by atoms with E-state index in [1.165, 1.54) is 9.13 Å². The van der Waals surface area contributed by atoms with E-state index >= 15 is 0 Å². The summed E-state index contributed by atoms with van der Waals surface area (Å²) in [4.78, 5) is 0. The first-order valence-electron chi connectivity index (χ1n) is 5.24. The molecule has 1 aromatic rings.